The van der Waals surface area contributed by atoms with Gasteiger partial charge in [-0.3, -0.25) is 0 Å². The van der Waals surface area contributed by atoms with Gasteiger partial charge in [-0.25, -0.2) is 9.79 Å². The van der Waals surface area contributed by atoms with Crippen LogP contribution in [0.3, 0.4) is 0 Å². The largest absolute Gasteiger partial charge is 0.497 e. The zero-order chi connectivity index (χ0) is 10.2. The molecule has 0 spiro atoms. The van der Waals surface area contributed by atoms with Crippen LogP contribution < -0.4 is 4.74 Å². The van der Waals surface area contributed by atoms with E-state index in [1.807, 2.05) is 30.3 Å². The first-order chi connectivity index (χ1) is 6.86. The molecule has 0 aliphatic heterocycles. The maximum absolute atomic E-state index is 9.76. The van der Waals surface area contributed by atoms with Crippen LogP contribution in [0.5, 0.6) is 5.75 Å². The Kier molecular flexibility index (Phi) is 4.18. The van der Waals surface area contributed by atoms with Crippen molar-refractivity contribution in [2.24, 2.45) is 4.99 Å². The molecule has 0 atom stereocenters. The number of hydrogen-bond acceptors (Lipinski definition) is 3. The van der Waals surface area contributed by atoms with E-state index in [4.69, 9.17) is 4.74 Å². The Bertz CT molecular complexity index is 348. The smallest absolute Gasteiger partial charge is 0.235 e. The molecule has 0 saturated carbocycles. The van der Waals surface area contributed by atoms with Gasteiger partial charge in [-0.2, -0.15) is 0 Å². The van der Waals surface area contributed by atoms with E-state index in [0.717, 1.165) is 11.3 Å². The molecule has 3 nitrogen and oxygen atoms in total. The summed E-state index contributed by atoms with van der Waals surface area (Å²) in [7, 11) is 1.63. The number of nitrogens with zero attached hydrogens (tertiary/aromatic N) is 1. The maximum Gasteiger partial charge on any atom is 0.235 e. The van der Waals surface area contributed by atoms with Crippen molar-refractivity contribution in [3.8, 4) is 5.75 Å². The van der Waals surface area contributed by atoms with Crippen molar-refractivity contribution in [1.82, 2.24) is 0 Å². The second-order valence-electron chi connectivity index (χ2n) is 2.61. The van der Waals surface area contributed by atoms with Crippen LogP contribution in [0.2, 0.25) is 0 Å². The molecule has 0 bridgehead atoms. The van der Waals surface area contributed by atoms with Gasteiger partial charge in [0.1, 0.15) is 5.75 Å². The van der Waals surface area contributed by atoms with E-state index in [1.165, 1.54) is 6.08 Å². The zero-order valence-corrected chi connectivity index (χ0v) is 7.93. The van der Waals surface area contributed by atoms with Crippen molar-refractivity contribution in [3.05, 3.63) is 35.9 Å². The Hall–Kier alpha value is -1.86. The molecule has 0 heterocycles. The molecule has 0 saturated heterocycles. The zero-order valence-electron chi connectivity index (χ0n) is 7.93. The maximum atomic E-state index is 9.76. The van der Waals surface area contributed by atoms with Gasteiger partial charge in [0.25, 0.3) is 0 Å². The van der Waals surface area contributed by atoms with E-state index in [0.29, 0.717) is 6.54 Å². The van der Waals surface area contributed by atoms with Gasteiger partial charge in [-0.15, -0.1) is 0 Å². The second-order valence-corrected chi connectivity index (χ2v) is 2.61. The van der Waals surface area contributed by atoms with Crippen LogP contribution in [0.25, 0.3) is 6.08 Å². The number of carbonyl (C=O) groups excluding carboxylic acids is 1. The van der Waals surface area contributed by atoms with E-state index in [-0.39, 0.29) is 0 Å². The Balaban J connectivity index is 2.59. The van der Waals surface area contributed by atoms with E-state index in [2.05, 4.69) is 4.99 Å². The third-order valence-corrected chi connectivity index (χ3v) is 1.69. The molecule has 3 heteroatoms. The van der Waals surface area contributed by atoms with Crippen LogP contribution in [0.15, 0.2) is 35.3 Å². The Labute approximate surface area is 82.7 Å². The first-order valence-corrected chi connectivity index (χ1v) is 4.21. The van der Waals surface area contributed by atoms with Crippen LogP contribution in [0.4, 0.5) is 0 Å². The minimum atomic E-state index is 0.371. The average Bonchev–Trinajstić information content (AvgIpc) is 2.25. The number of isocyanates is 1. The summed E-state index contributed by atoms with van der Waals surface area (Å²) in [6.07, 6.45) is 5.16. The topological polar surface area (TPSA) is 38.7 Å². The quantitative estimate of drug-likeness (QED) is 0.537. The molecule has 1 aromatic rings. The molecule has 0 aliphatic rings. The van der Waals surface area contributed by atoms with Gasteiger partial charge in [0.05, 0.1) is 13.7 Å². The minimum absolute atomic E-state index is 0.371. The molecule has 0 aliphatic carbocycles. The number of aliphatic imine (C=N–C) groups is 1. The van der Waals surface area contributed by atoms with Crippen molar-refractivity contribution in [3.63, 3.8) is 0 Å². The van der Waals surface area contributed by atoms with Crippen LogP contribution in [0, 0.1) is 0 Å². The molecule has 0 amide bonds. The molecule has 0 unspecified atom stereocenters. The van der Waals surface area contributed by atoms with E-state index >= 15 is 0 Å². The first-order valence-electron chi connectivity index (χ1n) is 4.21. The summed E-state index contributed by atoms with van der Waals surface area (Å²) < 4.78 is 5.02. The standard InChI is InChI=1S/C11H11NO2/c1-14-11-6-4-10(5-7-11)3-2-8-12-9-13/h2-7H,8H2,1H3/b3-2+. The SMILES string of the molecule is COc1ccc(/C=C/CN=C=O)cc1. The lowest BCUT2D eigenvalue weighted by Crippen LogP contribution is -1.81. The van der Waals surface area contributed by atoms with Crippen LogP contribution in [0.1, 0.15) is 5.56 Å². The Morgan fingerprint density at radius 1 is 1.43 bits per heavy atom. The number of ether oxygens (including phenoxy) is 1. The van der Waals surface area contributed by atoms with Gasteiger partial charge in [-0.1, -0.05) is 24.3 Å². The lowest BCUT2D eigenvalue weighted by Gasteiger charge is -1.98. The Morgan fingerprint density at radius 2 is 2.14 bits per heavy atom. The predicted octanol–water partition coefficient (Wildman–Crippen LogP) is 2.04. The molecular weight excluding hydrogens is 178 g/mol. The summed E-state index contributed by atoms with van der Waals surface area (Å²) in [6.45, 7) is 0.371. The highest BCUT2D eigenvalue weighted by Crippen LogP contribution is 2.11. The van der Waals surface area contributed by atoms with Crippen molar-refractivity contribution >= 4 is 12.2 Å². The minimum Gasteiger partial charge on any atom is -0.497 e. The molecule has 1 aromatic carbocycles. The molecule has 1 rings (SSSR count). The summed E-state index contributed by atoms with van der Waals surface area (Å²) in [6, 6.07) is 7.62. The number of benzene rings is 1. The number of hydrogen-bond donors (Lipinski definition) is 0. The summed E-state index contributed by atoms with van der Waals surface area (Å²) in [5, 5.41) is 0. The summed E-state index contributed by atoms with van der Waals surface area (Å²) >= 11 is 0. The number of methoxy groups -OCH3 is 1. The summed E-state index contributed by atoms with van der Waals surface area (Å²) in [4.78, 5) is 13.2. The number of rotatable bonds is 4. The fourth-order valence-electron chi connectivity index (χ4n) is 0.994. The normalized spacial score (nSPS) is 9.79. The highest BCUT2D eigenvalue weighted by Gasteiger charge is 1.88. The van der Waals surface area contributed by atoms with Gasteiger partial charge in [0, 0.05) is 0 Å². The van der Waals surface area contributed by atoms with Gasteiger partial charge >= 0.3 is 0 Å². The fourth-order valence-corrected chi connectivity index (χ4v) is 0.994. The molecule has 14 heavy (non-hydrogen) atoms. The summed E-state index contributed by atoms with van der Waals surface area (Å²) in [5.41, 5.74) is 1.05. The van der Waals surface area contributed by atoms with Crippen molar-refractivity contribution in [2.75, 3.05) is 13.7 Å². The van der Waals surface area contributed by atoms with Crippen LogP contribution in [-0.2, 0) is 4.79 Å². The van der Waals surface area contributed by atoms with Crippen molar-refractivity contribution in [1.29, 1.82) is 0 Å². The highest BCUT2D eigenvalue weighted by atomic mass is 16.5. The predicted molar refractivity (Wildman–Crippen MR) is 55.0 cm³/mol. The average molecular weight is 189 g/mol. The van der Waals surface area contributed by atoms with Gasteiger partial charge < -0.3 is 4.74 Å². The third-order valence-electron chi connectivity index (χ3n) is 1.69. The highest BCUT2D eigenvalue weighted by molar-refractivity contribution is 5.51. The lowest BCUT2D eigenvalue weighted by molar-refractivity contribution is 0.415. The first kappa shape index (κ1) is 10.2. The van der Waals surface area contributed by atoms with Gasteiger partial charge in [0.2, 0.25) is 6.08 Å². The van der Waals surface area contributed by atoms with Crippen molar-refractivity contribution < 1.29 is 9.53 Å². The Morgan fingerprint density at radius 3 is 2.71 bits per heavy atom. The fraction of sp³-hybridized carbons (Fsp3) is 0.182. The molecule has 0 fully saturated rings. The molecule has 0 N–H and O–H groups in total. The van der Waals surface area contributed by atoms with E-state index in [9.17, 15) is 4.79 Å². The van der Waals surface area contributed by atoms with Crippen molar-refractivity contribution in [2.45, 2.75) is 0 Å². The van der Waals surface area contributed by atoms with Crippen LogP contribution in [-0.4, -0.2) is 19.7 Å². The lowest BCUT2D eigenvalue weighted by atomic mass is 10.2. The summed E-state index contributed by atoms with van der Waals surface area (Å²) in [5.74, 6) is 0.827. The van der Waals surface area contributed by atoms with Crippen LogP contribution >= 0.6 is 0 Å². The van der Waals surface area contributed by atoms with E-state index < -0.39 is 0 Å². The monoisotopic (exact) mass is 189 g/mol. The second kappa shape index (κ2) is 5.73. The molecule has 0 radical (unpaired) electrons. The molecular formula is C11H11NO2. The van der Waals surface area contributed by atoms with Gasteiger partial charge in [-0.05, 0) is 17.7 Å². The van der Waals surface area contributed by atoms with Gasteiger partial charge in [0.15, 0.2) is 0 Å². The molecule has 0 aromatic heterocycles. The molecule has 72 valence electrons. The van der Waals surface area contributed by atoms with E-state index in [1.54, 1.807) is 13.2 Å². The third kappa shape index (κ3) is 3.25.